The van der Waals surface area contributed by atoms with Crippen LogP contribution in [0.15, 0.2) is 60.1 Å². The van der Waals surface area contributed by atoms with Gasteiger partial charge in [0, 0.05) is 12.3 Å². The van der Waals surface area contributed by atoms with Crippen LogP contribution in [-0.4, -0.2) is 30.4 Å². The lowest BCUT2D eigenvalue weighted by atomic mass is 10.2. The lowest BCUT2D eigenvalue weighted by molar-refractivity contribution is -0.129. The Labute approximate surface area is 138 Å². The van der Waals surface area contributed by atoms with Gasteiger partial charge in [-0.25, -0.2) is 9.59 Å². The largest absolute Gasteiger partial charge is 0.493 e. The minimum absolute atomic E-state index is 0.198. The monoisotopic (exact) mass is 325 g/mol. The highest BCUT2D eigenvalue weighted by Gasteiger charge is 2.08. The molecular formula is C18H15NO5. The summed E-state index contributed by atoms with van der Waals surface area (Å²) in [6.07, 6.45) is 2.66. The average molecular weight is 325 g/mol. The lowest BCUT2D eigenvalue weighted by Crippen LogP contribution is -2.04. The number of esters is 1. The Bertz CT molecular complexity index is 794. The van der Waals surface area contributed by atoms with E-state index in [9.17, 15) is 9.59 Å². The van der Waals surface area contributed by atoms with Crippen LogP contribution in [0.25, 0.3) is 0 Å². The molecule has 2 aromatic rings. The average Bonchev–Trinajstić information content (AvgIpc) is 2.60. The molecule has 122 valence electrons. The highest BCUT2D eigenvalue weighted by Crippen LogP contribution is 2.28. The molecule has 0 atom stereocenters. The van der Waals surface area contributed by atoms with Gasteiger partial charge in [-0.15, -0.1) is 0 Å². The topological polar surface area (TPSA) is 85.2 Å². The molecule has 1 N–H and O–H groups in total. The van der Waals surface area contributed by atoms with Gasteiger partial charge in [-0.2, -0.15) is 0 Å². The highest BCUT2D eigenvalue weighted by atomic mass is 16.6. The summed E-state index contributed by atoms with van der Waals surface area (Å²) in [5, 5.41) is 8.85. The Balaban J connectivity index is 2.18. The Morgan fingerprint density at radius 2 is 1.83 bits per heavy atom. The summed E-state index contributed by atoms with van der Waals surface area (Å²) in [5.74, 6) is -0.895. The molecule has 0 saturated carbocycles. The fourth-order valence-electron chi connectivity index (χ4n) is 1.84. The Hall–Kier alpha value is -3.41. The first kappa shape index (κ1) is 17.0. The standard InChI is InChI=1S/C18H15NO5/c1-3-17(20)24-15-9-4-12(10-16(15)23-2)11-19-14-7-5-13(6-8-14)18(21)22/h3-11H,1H2,2H3,(H,21,22). The quantitative estimate of drug-likeness (QED) is 0.381. The fourth-order valence-corrected chi connectivity index (χ4v) is 1.84. The number of methoxy groups -OCH3 is 1. The molecular weight excluding hydrogens is 310 g/mol. The number of aliphatic imine (C=N–C) groups is 1. The Morgan fingerprint density at radius 1 is 1.12 bits per heavy atom. The van der Waals surface area contributed by atoms with E-state index >= 15 is 0 Å². The molecule has 0 radical (unpaired) electrons. The van der Waals surface area contributed by atoms with Crippen molar-refractivity contribution in [2.24, 2.45) is 4.99 Å². The molecule has 0 heterocycles. The fraction of sp³-hybridized carbons (Fsp3) is 0.0556. The summed E-state index contributed by atoms with van der Waals surface area (Å²) < 4.78 is 10.2. The van der Waals surface area contributed by atoms with E-state index in [0.29, 0.717) is 11.4 Å². The molecule has 0 aliphatic rings. The minimum atomic E-state index is -0.986. The summed E-state index contributed by atoms with van der Waals surface area (Å²) in [7, 11) is 1.46. The van der Waals surface area contributed by atoms with Gasteiger partial charge in [0.1, 0.15) is 0 Å². The molecule has 0 unspecified atom stereocenters. The minimum Gasteiger partial charge on any atom is -0.493 e. The van der Waals surface area contributed by atoms with E-state index in [4.69, 9.17) is 14.6 Å². The normalized spacial score (nSPS) is 10.4. The molecule has 0 fully saturated rings. The molecule has 0 bridgehead atoms. The van der Waals surface area contributed by atoms with E-state index in [2.05, 4.69) is 11.6 Å². The van der Waals surface area contributed by atoms with Crippen LogP contribution in [0.3, 0.4) is 0 Å². The van der Waals surface area contributed by atoms with Crippen molar-refractivity contribution in [3.8, 4) is 11.5 Å². The van der Waals surface area contributed by atoms with Crippen LogP contribution >= 0.6 is 0 Å². The van der Waals surface area contributed by atoms with Gasteiger partial charge in [0.05, 0.1) is 18.4 Å². The third kappa shape index (κ3) is 4.30. The highest BCUT2D eigenvalue weighted by molar-refractivity contribution is 5.88. The SMILES string of the molecule is C=CC(=O)Oc1ccc(C=Nc2ccc(C(=O)O)cc2)cc1OC. The van der Waals surface area contributed by atoms with Crippen LogP contribution in [0.1, 0.15) is 15.9 Å². The molecule has 2 aromatic carbocycles. The van der Waals surface area contributed by atoms with Crippen molar-refractivity contribution in [2.45, 2.75) is 0 Å². The van der Waals surface area contributed by atoms with Crippen LogP contribution in [0.5, 0.6) is 11.5 Å². The molecule has 6 heteroatoms. The van der Waals surface area contributed by atoms with Crippen molar-refractivity contribution < 1.29 is 24.2 Å². The van der Waals surface area contributed by atoms with E-state index in [1.165, 1.54) is 19.2 Å². The maximum atomic E-state index is 11.3. The first-order valence-electron chi connectivity index (χ1n) is 6.93. The lowest BCUT2D eigenvalue weighted by Gasteiger charge is -2.08. The zero-order valence-electron chi connectivity index (χ0n) is 12.9. The van der Waals surface area contributed by atoms with Crippen LogP contribution in [-0.2, 0) is 4.79 Å². The van der Waals surface area contributed by atoms with Gasteiger partial charge in [-0.1, -0.05) is 6.58 Å². The third-order valence-corrected chi connectivity index (χ3v) is 3.04. The third-order valence-electron chi connectivity index (χ3n) is 3.04. The van der Waals surface area contributed by atoms with Gasteiger partial charge in [0.25, 0.3) is 0 Å². The summed E-state index contributed by atoms with van der Waals surface area (Å²) in [5.41, 5.74) is 1.54. The molecule has 2 rings (SSSR count). The number of carbonyl (C=O) groups excluding carboxylic acids is 1. The van der Waals surface area contributed by atoms with Crippen LogP contribution in [0.2, 0.25) is 0 Å². The van der Waals surface area contributed by atoms with Crippen molar-refractivity contribution >= 4 is 23.8 Å². The Kier molecular flexibility index (Phi) is 5.46. The summed E-state index contributed by atoms with van der Waals surface area (Å²) in [6.45, 7) is 3.34. The molecule has 0 amide bonds. The summed E-state index contributed by atoms with van der Waals surface area (Å²) in [4.78, 5) is 26.3. The first-order valence-corrected chi connectivity index (χ1v) is 6.93. The number of carboxylic acid groups (broad SMARTS) is 1. The predicted octanol–water partition coefficient (Wildman–Crippen LogP) is 3.24. The number of aromatic carboxylic acids is 1. The molecule has 0 saturated heterocycles. The van der Waals surface area contributed by atoms with Gasteiger partial charge < -0.3 is 14.6 Å². The van der Waals surface area contributed by atoms with Gasteiger partial charge in [0.2, 0.25) is 0 Å². The van der Waals surface area contributed by atoms with Crippen LogP contribution in [0, 0.1) is 0 Å². The number of rotatable bonds is 6. The second-order valence-corrected chi connectivity index (χ2v) is 4.65. The molecule has 0 aliphatic carbocycles. The van der Waals surface area contributed by atoms with E-state index in [-0.39, 0.29) is 11.3 Å². The number of carbonyl (C=O) groups is 2. The van der Waals surface area contributed by atoms with Gasteiger partial charge in [-0.3, -0.25) is 4.99 Å². The van der Waals surface area contributed by atoms with Crippen LogP contribution < -0.4 is 9.47 Å². The zero-order valence-corrected chi connectivity index (χ0v) is 12.9. The van der Waals surface area contributed by atoms with Crippen molar-refractivity contribution in [3.63, 3.8) is 0 Å². The van der Waals surface area contributed by atoms with Crippen molar-refractivity contribution in [1.82, 2.24) is 0 Å². The molecule has 0 spiro atoms. The first-order chi connectivity index (χ1) is 11.5. The molecule has 6 nitrogen and oxygen atoms in total. The number of nitrogens with zero attached hydrogens (tertiary/aromatic N) is 1. The number of hydrogen-bond acceptors (Lipinski definition) is 5. The van der Waals surface area contributed by atoms with Gasteiger partial charge in [-0.05, 0) is 48.0 Å². The van der Waals surface area contributed by atoms with E-state index in [1.54, 1.807) is 36.5 Å². The molecule has 24 heavy (non-hydrogen) atoms. The number of benzene rings is 2. The second kappa shape index (κ2) is 7.73. The molecule has 0 aromatic heterocycles. The van der Waals surface area contributed by atoms with Gasteiger partial charge in [0.15, 0.2) is 11.5 Å². The van der Waals surface area contributed by atoms with E-state index in [0.717, 1.165) is 11.6 Å². The van der Waals surface area contributed by atoms with Crippen molar-refractivity contribution in [3.05, 3.63) is 66.2 Å². The Morgan fingerprint density at radius 3 is 2.42 bits per heavy atom. The van der Waals surface area contributed by atoms with Crippen molar-refractivity contribution in [1.29, 1.82) is 0 Å². The number of carboxylic acids is 1. The number of hydrogen-bond donors (Lipinski definition) is 1. The summed E-state index contributed by atoms with van der Waals surface area (Å²) in [6, 6.07) is 11.1. The van der Waals surface area contributed by atoms with Gasteiger partial charge >= 0.3 is 11.9 Å². The maximum absolute atomic E-state index is 11.3. The predicted molar refractivity (Wildman–Crippen MR) is 89.5 cm³/mol. The van der Waals surface area contributed by atoms with Crippen molar-refractivity contribution in [2.75, 3.05) is 7.11 Å². The van der Waals surface area contributed by atoms with E-state index < -0.39 is 11.9 Å². The molecule has 0 aliphatic heterocycles. The zero-order chi connectivity index (χ0) is 17.5. The van der Waals surface area contributed by atoms with Crippen LogP contribution in [0.4, 0.5) is 5.69 Å². The second-order valence-electron chi connectivity index (χ2n) is 4.65. The van der Waals surface area contributed by atoms with E-state index in [1.807, 2.05) is 0 Å². The summed E-state index contributed by atoms with van der Waals surface area (Å²) >= 11 is 0. The number of ether oxygens (including phenoxy) is 2. The maximum Gasteiger partial charge on any atom is 0.335 e. The smallest absolute Gasteiger partial charge is 0.335 e.